The minimum atomic E-state index is -1.26. The van der Waals surface area contributed by atoms with Gasteiger partial charge in [-0.05, 0) is 30.7 Å². The first-order valence-electron chi connectivity index (χ1n) is 8.70. The molecule has 0 spiro atoms. The molecule has 2 aromatic rings. The van der Waals surface area contributed by atoms with Gasteiger partial charge in [0.2, 0.25) is 6.10 Å². The number of methoxy groups -OCH3 is 1. The van der Waals surface area contributed by atoms with E-state index in [1.54, 1.807) is 74.7 Å². The number of imide groups is 1. The van der Waals surface area contributed by atoms with E-state index in [-0.39, 0.29) is 0 Å². The molecule has 0 radical (unpaired) electrons. The summed E-state index contributed by atoms with van der Waals surface area (Å²) in [5.41, 5.74) is 1.19. The van der Waals surface area contributed by atoms with Crippen LogP contribution >= 0.6 is 0 Å². The molecule has 7 heteroatoms. The standard InChI is InChI=1S/C21H22N2O5/c1-3-22-21(26)23-20(25)19(16-9-5-4-6-10-16)28-18(24)13-12-15-8-7-11-17(14-15)27-2/h4-14,19H,3H2,1-2H3,(H2,22,23,25,26)/b13-12+/t19-/m0/s1. The highest BCUT2D eigenvalue weighted by Crippen LogP contribution is 2.19. The number of rotatable bonds is 7. The van der Waals surface area contributed by atoms with Crippen LogP contribution in [-0.2, 0) is 14.3 Å². The average Bonchev–Trinajstić information content (AvgIpc) is 2.71. The van der Waals surface area contributed by atoms with Crippen molar-refractivity contribution in [3.05, 3.63) is 71.8 Å². The molecule has 0 aliphatic heterocycles. The summed E-state index contributed by atoms with van der Waals surface area (Å²) in [6.45, 7) is 2.08. The highest BCUT2D eigenvalue weighted by Gasteiger charge is 2.25. The van der Waals surface area contributed by atoms with E-state index in [9.17, 15) is 14.4 Å². The number of esters is 1. The number of hydrogen-bond donors (Lipinski definition) is 2. The molecule has 28 heavy (non-hydrogen) atoms. The molecule has 2 N–H and O–H groups in total. The Kier molecular flexibility index (Phi) is 7.77. The maximum Gasteiger partial charge on any atom is 0.331 e. The third kappa shape index (κ3) is 6.28. The quantitative estimate of drug-likeness (QED) is 0.567. The van der Waals surface area contributed by atoms with Crippen molar-refractivity contribution in [2.24, 2.45) is 0 Å². The Hall–Kier alpha value is -3.61. The lowest BCUT2D eigenvalue weighted by Gasteiger charge is -2.16. The fourth-order valence-electron chi connectivity index (χ4n) is 2.35. The molecule has 0 aliphatic rings. The van der Waals surface area contributed by atoms with Crippen LogP contribution in [-0.4, -0.2) is 31.6 Å². The van der Waals surface area contributed by atoms with Gasteiger partial charge in [-0.25, -0.2) is 9.59 Å². The Morgan fingerprint density at radius 1 is 1.07 bits per heavy atom. The van der Waals surface area contributed by atoms with Crippen molar-refractivity contribution in [2.75, 3.05) is 13.7 Å². The van der Waals surface area contributed by atoms with Gasteiger partial charge in [-0.1, -0.05) is 42.5 Å². The Morgan fingerprint density at radius 2 is 1.82 bits per heavy atom. The van der Waals surface area contributed by atoms with Gasteiger partial charge < -0.3 is 14.8 Å². The Bertz CT molecular complexity index is 849. The van der Waals surface area contributed by atoms with Gasteiger partial charge in [0.15, 0.2) is 0 Å². The average molecular weight is 382 g/mol. The molecule has 0 heterocycles. The van der Waals surface area contributed by atoms with E-state index in [4.69, 9.17) is 9.47 Å². The maximum absolute atomic E-state index is 12.4. The summed E-state index contributed by atoms with van der Waals surface area (Å²) in [6.07, 6.45) is 1.50. The van der Waals surface area contributed by atoms with Gasteiger partial charge in [0.1, 0.15) is 5.75 Å². The first-order valence-corrected chi connectivity index (χ1v) is 8.70. The molecule has 0 bridgehead atoms. The predicted octanol–water partition coefficient (Wildman–Crippen LogP) is 2.84. The first kappa shape index (κ1) is 20.7. The molecule has 0 fully saturated rings. The van der Waals surface area contributed by atoms with Gasteiger partial charge in [-0.2, -0.15) is 0 Å². The van der Waals surface area contributed by atoms with Gasteiger partial charge in [-0.3, -0.25) is 10.1 Å². The second kappa shape index (κ2) is 10.5. The summed E-state index contributed by atoms with van der Waals surface area (Å²) in [7, 11) is 1.55. The molecule has 0 aromatic heterocycles. The van der Waals surface area contributed by atoms with Crippen LogP contribution in [0.25, 0.3) is 6.08 Å². The van der Waals surface area contributed by atoms with Crippen molar-refractivity contribution in [2.45, 2.75) is 13.0 Å². The molecule has 146 valence electrons. The van der Waals surface area contributed by atoms with E-state index >= 15 is 0 Å². The SMILES string of the molecule is CCNC(=O)NC(=O)[C@@H](OC(=O)/C=C/c1cccc(OC)c1)c1ccccc1. The molecule has 1 atom stereocenters. The summed E-state index contributed by atoms with van der Waals surface area (Å²) < 4.78 is 10.4. The Morgan fingerprint density at radius 3 is 2.50 bits per heavy atom. The van der Waals surface area contributed by atoms with Gasteiger partial charge in [0.25, 0.3) is 5.91 Å². The summed E-state index contributed by atoms with van der Waals surface area (Å²) in [5.74, 6) is -0.804. The van der Waals surface area contributed by atoms with E-state index in [1.807, 2.05) is 0 Å². The molecule has 0 unspecified atom stereocenters. The van der Waals surface area contributed by atoms with Crippen molar-refractivity contribution >= 4 is 24.0 Å². The number of carbonyl (C=O) groups is 3. The van der Waals surface area contributed by atoms with Crippen LogP contribution in [0, 0.1) is 0 Å². The molecule has 0 saturated carbocycles. The van der Waals surface area contributed by atoms with Crippen LogP contribution in [0.4, 0.5) is 4.79 Å². The number of hydrogen-bond acceptors (Lipinski definition) is 5. The number of urea groups is 1. The molecular formula is C21H22N2O5. The third-order valence-electron chi connectivity index (χ3n) is 3.65. The Balaban J connectivity index is 2.12. The molecule has 0 aliphatic carbocycles. The summed E-state index contributed by atoms with van der Waals surface area (Å²) in [4.78, 5) is 36.3. The van der Waals surface area contributed by atoms with Crippen molar-refractivity contribution in [1.82, 2.24) is 10.6 Å². The zero-order valence-electron chi connectivity index (χ0n) is 15.7. The van der Waals surface area contributed by atoms with Crippen LogP contribution in [0.2, 0.25) is 0 Å². The van der Waals surface area contributed by atoms with Crippen LogP contribution in [0.1, 0.15) is 24.2 Å². The monoisotopic (exact) mass is 382 g/mol. The lowest BCUT2D eigenvalue weighted by molar-refractivity contribution is -0.151. The van der Waals surface area contributed by atoms with E-state index in [2.05, 4.69) is 10.6 Å². The topological polar surface area (TPSA) is 93.7 Å². The third-order valence-corrected chi connectivity index (χ3v) is 3.65. The van der Waals surface area contributed by atoms with Gasteiger partial charge in [-0.15, -0.1) is 0 Å². The second-order valence-corrected chi connectivity index (χ2v) is 5.69. The highest BCUT2D eigenvalue weighted by atomic mass is 16.5. The summed E-state index contributed by atoms with van der Waals surface area (Å²) in [5, 5.41) is 4.62. The predicted molar refractivity (Wildman–Crippen MR) is 105 cm³/mol. The van der Waals surface area contributed by atoms with Crippen molar-refractivity contribution in [3.63, 3.8) is 0 Å². The fraction of sp³-hybridized carbons (Fsp3) is 0.190. The molecule has 2 aromatic carbocycles. The van der Waals surface area contributed by atoms with Crippen LogP contribution in [0.3, 0.4) is 0 Å². The zero-order chi connectivity index (χ0) is 20.4. The lowest BCUT2D eigenvalue weighted by atomic mass is 10.1. The Labute approximate surface area is 163 Å². The molecule has 7 nitrogen and oxygen atoms in total. The van der Waals surface area contributed by atoms with Gasteiger partial charge in [0, 0.05) is 18.2 Å². The van der Waals surface area contributed by atoms with E-state index in [0.717, 1.165) is 5.56 Å². The minimum Gasteiger partial charge on any atom is -0.497 e. The zero-order valence-corrected chi connectivity index (χ0v) is 15.7. The van der Waals surface area contributed by atoms with Crippen LogP contribution in [0.15, 0.2) is 60.7 Å². The molecular weight excluding hydrogens is 360 g/mol. The molecule has 3 amide bonds. The minimum absolute atomic E-state index is 0.359. The van der Waals surface area contributed by atoms with Crippen molar-refractivity contribution in [3.8, 4) is 5.75 Å². The largest absolute Gasteiger partial charge is 0.497 e. The normalized spacial score (nSPS) is 11.5. The van der Waals surface area contributed by atoms with Crippen LogP contribution in [0.5, 0.6) is 5.75 Å². The number of carbonyl (C=O) groups excluding carboxylic acids is 3. The number of nitrogens with one attached hydrogen (secondary N) is 2. The van der Waals surface area contributed by atoms with Crippen molar-refractivity contribution < 1.29 is 23.9 Å². The number of benzene rings is 2. The first-order chi connectivity index (χ1) is 13.5. The van der Waals surface area contributed by atoms with Gasteiger partial charge >= 0.3 is 12.0 Å². The molecule has 0 saturated heterocycles. The fourth-order valence-corrected chi connectivity index (χ4v) is 2.35. The second-order valence-electron chi connectivity index (χ2n) is 5.69. The van der Waals surface area contributed by atoms with Crippen molar-refractivity contribution in [1.29, 1.82) is 0 Å². The van der Waals surface area contributed by atoms with Crippen LogP contribution < -0.4 is 15.4 Å². The lowest BCUT2D eigenvalue weighted by Crippen LogP contribution is -2.42. The smallest absolute Gasteiger partial charge is 0.331 e. The summed E-state index contributed by atoms with van der Waals surface area (Å²) >= 11 is 0. The van der Waals surface area contributed by atoms with E-state index in [1.165, 1.54) is 6.08 Å². The van der Waals surface area contributed by atoms with Gasteiger partial charge in [0.05, 0.1) is 7.11 Å². The maximum atomic E-state index is 12.4. The number of amides is 3. The van der Waals surface area contributed by atoms with E-state index in [0.29, 0.717) is 17.9 Å². The highest BCUT2D eigenvalue weighted by molar-refractivity contribution is 5.98. The number of ether oxygens (including phenoxy) is 2. The molecule has 2 rings (SSSR count). The van der Waals surface area contributed by atoms with E-state index < -0.39 is 24.0 Å². The summed E-state index contributed by atoms with van der Waals surface area (Å²) in [6, 6.07) is 14.9.